The topological polar surface area (TPSA) is 42.7 Å². The lowest BCUT2D eigenvalue weighted by Gasteiger charge is -2.33. The Morgan fingerprint density at radius 2 is 2.21 bits per heavy atom. The molecule has 0 aliphatic carbocycles. The van der Waals surface area contributed by atoms with Gasteiger partial charge in [0, 0.05) is 0 Å². The SMILES string of the molecule is C[C@@H]1CN(C(=O)c2ccco2)c2cccc(Cl)c2O1. The number of benzene rings is 1. The predicted octanol–water partition coefficient (Wildman–Crippen LogP) is 3.36. The van der Waals surface area contributed by atoms with Crippen molar-refractivity contribution >= 4 is 23.2 Å². The average molecular weight is 278 g/mol. The first-order valence-corrected chi connectivity index (χ1v) is 6.35. The molecule has 1 aliphatic heterocycles. The van der Waals surface area contributed by atoms with E-state index in [9.17, 15) is 4.79 Å². The molecule has 0 bridgehead atoms. The van der Waals surface area contributed by atoms with E-state index in [-0.39, 0.29) is 12.0 Å². The maximum Gasteiger partial charge on any atom is 0.294 e. The molecule has 19 heavy (non-hydrogen) atoms. The fraction of sp³-hybridized carbons (Fsp3) is 0.214. The van der Waals surface area contributed by atoms with Crippen molar-refractivity contribution in [3.05, 3.63) is 47.4 Å². The van der Waals surface area contributed by atoms with E-state index in [0.29, 0.717) is 28.8 Å². The van der Waals surface area contributed by atoms with Crippen LogP contribution in [-0.2, 0) is 0 Å². The molecule has 0 fully saturated rings. The minimum absolute atomic E-state index is 0.119. The second-order valence-corrected chi connectivity index (χ2v) is 4.82. The Morgan fingerprint density at radius 1 is 1.37 bits per heavy atom. The number of anilines is 1. The number of hydrogen-bond donors (Lipinski definition) is 0. The highest BCUT2D eigenvalue weighted by Gasteiger charge is 2.30. The van der Waals surface area contributed by atoms with Crippen molar-refractivity contribution in [1.82, 2.24) is 0 Å². The van der Waals surface area contributed by atoms with Gasteiger partial charge in [-0.2, -0.15) is 0 Å². The highest BCUT2D eigenvalue weighted by Crippen LogP contribution is 2.39. The van der Waals surface area contributed by atoms with Crippen LogP contribution in [0.2, 0.25) is 5.02 Å². The van der Waals surface area contributed by atoms with Gasteiger partial charge >= 0.3 is 0 Å². The van der Waals surface area contributed by atoms with Gasteiger partial charge in [-0.15, -0.1) is 0 Å². The summed E-state index contributed by atoms with van der Waals surface area (Å²) >= 11 is 6.12. The summed E-state index contributed by atoms with van der Waals surface area (Å²) in [6, 6.07) is 8.69. The van der Waals surface area contributed by atoms with E-state index >= 15 is 0 Å². The summed E-state index contributed by atoms with van der Waals surface area (Å²) in [6.07, 6.45) is 1.36. The molecule has 0 radical (unpaired) electrons. The molecule has 1 aromatic heterocycles. The van der Waals surface area contributed by atoms with Gasteiger partial charge in [0.15, 0.2) is 11.5 Å². The molecule has 0 saturated carbocycles. The number of nitrogens with zero attached hydrogens (tertiary/aromatic N) is 1. The third-order valence-electron chi connectivity index (χ3n) is 2.97. The summed E-state index contributed by atoms with van der Waals surface area (Å²) in [7, 11) is 0. The fourth-order valence-electron chi connectivity index (χ4n) is 2.15. The molecule has 0 N–H and O–H groups in total. The monoisotopic (exact) mass is 277 g/mol. The molecule has 2 aromatic rings. The fourth-order valence-corrected chi connectivity index (χ4v) is 2.36. The number of amides is 1. The van der Waals surface area contributed by atoms with E-state index in [4.69, 9.17) is 20.8 Å². The van der Waals surface area contributed by atoms with E-state index in [0.717, 1.165) is 0 Å². The molecule has 1 aliphatic rings. The van der Waals surface area contributed by atoms with Gasteiger partial charge in [-0.05, 0) is 31.2 Å². The number of hydrogen-bond acceptors (Lipinski definition) is 3. The largest absolute Gasteiger partial charge is 0.485 e. The number of carbonyl (C=O) groups is 1. The number of para-hydroxylation sites is 1. The van der Waals surface area contributed by atoms with Crippen molar-refractivity contribution in [3.63, 3.8) is 0 Å². The molecule has 5 heteroatoms. The molecule has 0 saturated heterocycles. The number of furan rings is 1. The van der Waals surface area contributed by atoms with Gasteiger partial charge in [0.05, 0.1) is 23.5 Å². The summed E-state index contributed by atoms with van der Waals surface area (Å²) in [4.78, 5) is 14.0. The van der Waals surface area contributed by atoms with Gasteiger partial charge in [-0.3, -0.25) is 9.69 Å². The Balaban J connectivity index is 2.04. The van der Waals surface area contributed by atoms with E-state index in [1.807, 2.05) is 13.0 Å². The molecular weight excluding hydrogens is 266 g/mol. The summed E-state index contributed by atoms with van der Waals surface area (Å²) < 4.78 is 10.9. The van der Waals surface area contributed by atoms with E-state index < -0.39 is 0 Å². The minimum Gasteiger partial charge on any atom is -0.485 e. The van der Waals surface area contributed by atoms with Crippen molar-refractivity contribution in [3.8, 4) is 5.75 Å². The first-order valence-electron chi connectivity index (χ1n) is 5.97. The second-order valence-electron chi connectivity index (χ2n) is 4.41. The number of carbonyl (C=O) groups excluding carboxylic acids is 1. The van der Waals surface area contributed by atoms with Gasteiger partial charge in [-0.25, -0.2) is 0 Å². The van der Waals surface area contributed by atoms with Crippen LogP contribution in [0.25, 0.3) is 0 Å². The Bertz CT molecular complexity index is 609. The molecular formula is C14H12ClNO3. The minimum atomic E-state index is -0.191. The Hall–Kier alpha value is -1.94. The molecule has 1 atom stereocenters. The van der Waals surface area contributed by atoms with Crippen molar-refractivity contribution in [2.45, 2.75) is 13.0 Å². The zero-order valence-corrected chi connectivity index (χ0v) is 11.1. The van der Waals surface area contributed by atoms with Crippen LogP contribution in [-0.4, -0.2) is 18.6 Å². The van der Waals surface area contributed by atoms with Gasteiger partial charge in [0.25, 0.3) is 5.91 Å². The molecule has 3 rings (SSSR count). The smallest absolute Gasteiger partial charge is 0.294 e. The molecule has 98 valence electrons. The highest BCUT2D eigenvalue weighted by atomic mass is 35.5. The Kier molecular flexibility index (Phi) is 2.95. The maximum atomic E-state index is 12.4. The molecule has 0 spiro atoms. The Morgan fingerprint density at radius 3 is 2.95 bits per heavy atom. The molecule has 4 nitrogen and oxygen atoms in total. The summed E-state index contributed by atoms with van der Waals surface area (Å²) in [5.74, 6) is 0.659. The van der Waals surface area contributed by atoms with Gasteiger partial charge in [-0.1, -0.05) is 17.7 Å². The first-order chi connectivity index (χ1) is 9.16. The van der Waals surface area contributed by atoms with Crippen LogP contribution in [0.3, 0.4) is 0 Å². The molecule has 1 aromatic carbocycles. The van der Waals surface area contributed by atoms with Gasteiger partial charge in [0.2, 0.25) is 0 Å². The van der Waals surface area contributed by atoms with Gasteiger partial charge in [0.1, 0.15) is 6.10 Å². The lowest BCUT2D eigenvalue weighted by molar-refractivity contribution is 0.0934. The number of rotatable bonds is 1. The Labute approximate surface area is 115 Å². The zero-order chi connectivity index (χ0) is 13.4. The van der Waals surface area contributed by atoms with Crippen LogP contribution >= 0.6 is 11.6 Å². The van der Waals surface area contributed by atoms with Crippen LogP contribution < -0.4 is 9.64 Å². The van der Waals surface area contributed by atoms with Crippen molar-refractivity contribution in [1.29, 1.82) is 0 Å². The third kappa shape index (κ3) is 2.08. The zero-order valence-electron chi connectivity index (χ0n) is 10.3. The van der Waals surface area contributed by atoms with Crippen LogP contribution in [0.4, 0.5) is 5.69 Å². The number of ether oxygens (including phenoxy) is 1. The third-order valence-corrected chi connectivity index (χ3v) is 3.27. The van der Waals surface area contributed by atoms with Crippen LogP contribution in [0.1, 0.15) is 17.5 Å². The molecule has 0 unspecified atom stereocenters. The quantitative estimate of drug-likeness (QED) is 0.803. The number of fused-ring (bicyclic) bond motifs is 1. The van der Waals surface area contributed by atoms with Crippen molar-refractivity contribution in [2.75, 3.05) is 11.4 Å². The second kappa shape index (κ2) is 4.63. The lowest BCUT2D eigenvalue weighted by Crippen LogP contribution is -2.42. The average Bonchev–Trinajstić information content (AvgIpc) is 2.92. The van der Waals surface area contributed by atoms with E-state index in [1.54, 1.807) is 29.2 Å². The summed E-state index contributed by atoms with van der Waals surface area (Å²) in [6.45, 7) is 2.36. The lowest BCUT2D eigenvalue weighted by atomic mass is 10.2. The maximum absolute atomic E-state index is 12.4. The van der Waals surface area contributed by atoms with Crippen molar-refractivity contribution in [2.24, 2.45) is 0 Å². The van der Waals surface area contributed by atoms with Crippen LogP contribution in [0.15, 0.2) is 41.0 Å². The summed E-state index contributed by atoms with van der Waals surface area (Å²) in [5, 5.41) is 0.501. The number of halogens is 1. The van der Waals surface area contributed by atoms with Gasteiger partial charge < -0.3 is 9.15 Å². The summed E-state index contributed by atoms with van der Waals surface area (Å²) in [5.41, 5.74) is 0.673. The standard InChI is InChI=1S/C14H12ClNO3/c1-9-8-16(14(17)12-6-3-7-18-12)11-5-2-4-10(15)13(11)19-9/h2-7,9H,8H2,1H3/t9-/m1/s1. The first kappa shape index (κ1) is 12.1. The van der Waals surface area contributed by atoms with E-state index in [1.165, 1.54) is 6.26 Å². The van der Waals surface area contributed by atoms with Crippen molar-refractivity contribution < 1.29 is 13.9 Å². The highest BCUT2D eigenvalue weighted by molar-refractivity contribution is 6.32. The normalized spacial score (nSPS) is 17.8. The molecule has 1 amide bonds. The van der Waals surface area contributed by atoms with Crippen LogP contribution in [0, 0.1) is 0 Å². The predicted molar refractivity (Wildman–Crippen MR) is 71.9 cm³/mol. The molecule has 2 heterocycles. The van der Waals surface area contributed by atoms with E-state index in [2.05, 4.69) is 0 Å². The van der Waals surface area contributed by atoms with Crippen LogP contribution in [0.5, 0.6) is 5.75 Å².